The Morgan fingerprint density at radius 2 is 1.69 bits per heavy atom. The first-order valence-corrected chi connectivity index (χ1v) is 9.63. The molecule has 2 aromatic rings. The van der Waals surface area contributed by atoms with Gasteiger partial charge < -0.3 is 0 Å². The number of likely N-dealkylation sites (tertiary alicyclic amines) is 1. The molecule has 26 heavy (non-hydrogen) atoms. The Labute approximate surface area is 154 Å². The minimum absolute atomic E-state index is 0.192. The zero-order valence-electron chi connectivity index (χ0n) is 15.5. The molecule has 0 spiro atoms. The first-order chi connectivity index (χ1) is 12.7. The lowest BCUT2D eigenvalue weighted by Crippen LogP contribution is -2.40. The minimum atomic E-state index is -0.250. The van der Waals surface area contributed by atoms with Crippen molar-refractivity contribution in [2.75, 3.05) is 19.6 Å². The molecule has 2 heterocycles. The number of para-hydroxylation sites is 1. The molecular weight excluding hydrogens is 326 g/mol. The molecule has 1 aliphatic rings. The molecule has 0 atom stereocenters. The zero-order chi connectivity index (χ0) is 18.4. The second-order valence-corrected chi connectivity index (χ2v) is 6.89. The van der Waals surface area contributed by atoms with Gasteiger partial charge in [0.25, 0.3) is 5.56 Å². The summed E-state index contributed by atoms with van der Waals surface area (Å²) in [5.41, 5.74) is 0.230. The Kier molecular flexibility index (Phi) is 6.30. The SMILES string of the molecule is CCCCCn1c(=O)c2ccccc2n(CC#CCN2CCCC2)c1=O. The average Bonchev–Trinajstić information content (AvgIpc) is 3.17. The van der Waals surface area contributed by atoms with Crippen molar-refractivity contribution in [3.63, 3.8) is 0 Å². The summed E-state index contributed by atoms with van der Waals surface area (Å²) in [7, 11) is 0. The van der Waals surface area contributed by atoms with E-state index in [0.717, 1.165) is 38.9 Å². The maximum Gasteiger partial charge on any atom is 0.332 e. The zero-order valence-corrected chi connectivity index (χ0v) is 15.5. The lowest BCUT2D eigenvalue weighted by atomic mass is 10.2. The van der Waals surface area contributed by atoms with Crippen LogP contribution in [0.3, 0.4) is 0 Å². The molecule has 5 heteroatoms. The standard InChI is InChI=1S/C21H27N3O2/c1-2-3-6-17-24-20(25)18-11-4-5-12-19(18)23(21(24)26)16-10-9-15-22-13-7-8-14-22/h4-5,11-12H,2-3,6-8,13-17H2,1H3. The molecule has 5 nitrogen and oxygen atoms in total. The second-order valence-electron chi connectivity index (χ2n) is 6.89. The van der Waals surface area contributed by atoms with Gasteiger partial charge in [0.1, 0.15) is 0 Å². The predicted octanol–water partition coefficient (Wildman–Crippen LogP) is 2.45. The van der Waals surface area contributed by atoms with E-state index < -0.39 is 0 Å². The van der Waals surface area contributed by atoms with Gasteiger partial charge in [0.15, 0.2) is 0 Å². The third-order valence-corrected chi connectivity index (χ3v) is 4.98. The fourth-order valence-electron chi connectivity index (χ4n) is 3.48. The van der Waals surface area contributed by atoms with Crippen LogP contribution in [-0.4, -0.2) is 33.7 Å². The summed E-state index contributed by atoms with van der Waals surface area (Å²) in [6.45, 7) is 5.87. The Hall–Kier alpha value is -2.32. The third kappa shape index (κ3) is 4.08. The van der Waals surface area contributed by atoms with E-state index in [1.54, 1.807) is 10.6 Å². The van der Waals surface area contributed by atoms with Crippen LogP contribution < -0.4 is 11.2 Å². The smallest absolute Gasteiger partial charge is 0.292 e. The quantitative estimate of drug-likeness (QED) is 0.592. The highest BCUT2D eigenvalue weighted by atomic mass is 16.2. The maximum atomic E-state index is 12.9. The van der Waals surface area contributed by atoms with Gasteiger partial charge in [-0.2, -0.15) is 0 Å². The predicted molar refractivity (Wildman–Crippen MR) is 105 cm³/mol. The van der Waals surface area contributed by atoms with Crippen LogP contribution in [-0.2, 0) is 13.1 Å². The summed E-state index contributed by atoms with van der Waals surface area (Å²) in [5, 5.41) is 0.588. The summed E-state index contributed by atoms with van der Waals surface area (Å²) >= 11 is 0. The second kappa shape index (κ2) is 8.86. The molecule has 1 fully saturated rings. The average molecular weight is 353 g/mol. The van der Waals surface area contributed by atoms with Gasteiger partial charge in [-0.05, 0) is 44.5 Å². The van der Waals surface area contributed by atoms with Crippen molar-refractivity contribution in [3.8, 4) is 11.8 Å². The van der Waals surface area contributed by atoms with Crippen LogP contribution in [0.25, 0.3) is 10.9 Å². The molecule has 3 rings (SSSR count). The first kappa shape index (κ1) is 18.5. The van der Waals surface area contributed by atoms with Crippen molar-refractivity contribution in [2.24, 2.45) is 0 Å². The number of aromatic nitrogens is 2. The van der Waals surface area contributed by atoms with Gasteiger partial charge in [-0.3, -0.25) is 18.8 Å². The van der Waals surface area contributed by atoms with Gasteiger partial charge >= 0.3 is 5.69 Å². The van der Waals surface area contributed by atoms with Gasteiger partial charge in [-0.25, -0.2) is 4.79 Å². The number of benzene rings is 1. The monoisotopic (exact) mass is 353 g/mol. The topological polar surface area (TPSA) is 47.2 Å². The van der Waals surface area contributed by atoms with E-state index in [1.807, 2.05) is 18.2 Å². The van der Waals surface area contributed by atoms with E-state index in [1.165, 1.54) is 17.4 Å². The van der Waals surface area contributed by atoms with Crippen molar-refractivity contribution in [1.29, 1.82) is 0 Å². The van der Waals surface area contributed by atoms with E-state index in [0.29, 0.717) is 24.0 Å². The maximum absolute atomic E-state index is 12.9. The number of fused-ring (bicyclic) bond motifs is 1. The molecule has 0 amide bonds. The van der Waals surface area contributed by atoms with Crippen LogP contribution in [0.15, 0.2) is 33.9 Å². The van der Waals surface area contributed by atoms with Crippen molar-refractivity contribution in [2.45, 2.75) is 52.1 Å². The Bertz CT molecular complexity index is 924. The fraction of sp³-hybridized carbons (Fsp3) is 0.524. The van der Waals surface area contributed by atoms with Crippen molar-refractivity contribution in [1.82, 2.24) is 14.0 Å². The molecule has 138 valence electrons. The number of rotatable bonds is 6. The fourth-order valence-corrected chi connectivity index (χ4v) is 3.48. The van der Waals surface area contributed by atoms with Gasteiger partial charge in [-0.15, -0.1) is 0 Å². The minimum Gasteiger partial charge on any atom is -0.292 e. The van der Waals surface area contributed by atoms with E-state index in [2.05, 4.69) is 23.7 Å². The molecule has 1 saturated heterocycles. The van der Waals surface area contributed by atoms with Crippen molar-refractivity contribution < 1.29 is 0 Å². The lowest BCUT2D eigenvalue weighted by Gasteiger charge is -2.12. The molecule has 0 radical (unpaired) electrons. The molecule has 0 N–H and O–H groups in total. The van der Waals surface area contributed by atoms with Gasteiger partial charge in [0, 0.05) is 6.54 Å². The van der Waals surface area contributed by atoms with E-state index in [4.69, 9.17) is 0 Å². The van der Waals surface area contributed by atoms with Gasteiger partial charge in [0.2, 0.25) is 0 Å². The summed E-state index contributed by atoms with van der Waals surface area (Å²) in [4.78, 5) is 27.9. The third-order valence-electron chi connectivity index (χ3n) is 4.98. The van der Waals surface area contributed by atoms with Crippen LogP contribution >= 0.6 is 0 Å². The van der Waals surface area contributed by atoms with Crippen LogP contribution in [0.2, 0.25) is 0 Å². The highest BCUT2D eigenvalue weighted by Gasteiger charge is 2.12. The Morgan fingerprint density at radius 1 is 0.962 bits per heavy atom. The van der Waals surface area contributed by atoms with Crippen molar-refractivity contribution in [3.05, 3.63) is 45.1 Å². The van der Waals surface area contributed by atoms with E-state index in [-0.39, 0.29) is 11.2 Å². The van der Waals surface area contributed by atoms with Crippen LogP contribution in [0, 0.1) is 11.8 Å². The highest BCUT2D eigenvalue weighted by molar-refractivity contribution is 5.77. The van der Waals surface area contributed by atoms with E-state index in [9.17, 15) is 9.59 Å². The highest BCUT2D eigenvalue weighted by Crippen LogP contribution is 2.08. The summed E-state index contributed by atoms with van der Waals surface area (Å²) < 4.78 is 3.01. The summed E-state index contributed by atoms with van der Waals surface area (Å²) in [6.07, 6.45) is 5.39. The van der Waals surface area contributed by atoms with Crippen molar-refractivity contribution >= 4 is 10.9 Å². The lowest BCUT2D eigenvalue weighted by molar-refractivity contribution is 0.383. The van der Waals surface area contributed by atoms with Crippen LogP contribution in [0.5, 0.6) is 0 Å². The number of unbranched alkanes of at least 4 members (excludes halogenated alkanes) is 2. The molecule has 1 aromatic carbocycles. The van der Waals surface area contributed by atoms with Gasteiger partial charge in [-0.1, -0.05) is 43.7 Å². The van der Waals surface area contributed by atoms with Crippen LogP contribution in [0.1, 0.15) is 39.0 Å². The molecule has 0 unspecified atom stereocenters. The first-order valence-electron chi connectivity index (χ1n) is 9.63. The molecular formula is C21H27N3O2. The number of hydrogen-bond acceptors (Lipinski definition) is 3. The molecule has 1 aromatic heterocycles. The largest absolute Gasteiger partial charge is 0.332 e. The molecule has 1 aliphatic heterocycles. The summed E-state index contributed by atoms with van der Waals surface area (Å²) in [6, 6.07) is 7.32. The molecule has 0 saturated carbocycles. The number of hydrogen-bond donors (Lipinski definition) is 0. The Balaban J connectivity index is 1.91. The molecule has 0 aliphatic carbocycles. The Morgan fingerprint density at radius 3 is 2.46 bits per heavy atom. The summed E-state index contributed by atoms with van der Waals surface area (Å²) in [5.74, 6) is 6.31. The van der Waals surface area contributed by atoms with Gasteiger partial charge in [0.05, 0.1) is 24.0 Å². The van der Waals surface area contributed by atoms with Crippen LogP contribution in [0.4, 0.5) is 0 Å². The van der Waals surface area contributed by atoms with E-state index >= 15 is 0 Å². The number of nitrogens with zero attached hydrogens (tertiary/aromatic N) is 3. The molecule has 0 bridgehead atoms. The normalized spacial score (nSPS) is 14.5.